The number of para-hydroxylation sites is 1. The predicted molar refractivity (Wildman–Crippen MR) is 86.2 cm³/mol. The zero-order valence-corrected chi connectivity index (χ0v) is 13.4. The quantitative estimate of drug-likeness (QED) is 0.803. The SMILES string of the molecule is COCc1cccc2sc(NC(=O)c3c(C)cnn3C)nc12. The number of ether oxygens (including phenoxy) is 1. The molecular formula is C15H16N4O2S. The van der Waals surface area contributed by atoms with Gasteiger partial charge < -0.3 is 4.74 Å². The lowest BCUT2D eigenvalue weighted by Crippen LogP contribution is -2.17. The van der Waals surface area contributed by atoms with E-state index in [0.717, 1.165) is 21.3 Å². The minimum atomic E-state index is -0.204. The van der Waals surface area contributed by atoms with Crippen LogP contribution in [0.1, 0.15) is 21.6 Å². The molecule has 0 fully saturated rings. The molecule has 1 aromatic carbocycles. The average Bonchev–Trinajstić information content (AvgIpc) is 3.03. The van der Waals surface area contributed by atoms with Gasteiger partial charge in [-0.2, -0.15) is 5.10 Å². The second kappa shape index (κ2) is 5.86. The van der Waals surface area contributed by atoms with Crippen molar-refractivity contribution in [3.8, 4) is 0 Å². The number of nitrogens with one attached hydrogen (secondary N) is 1. The van der Waals surface area contributed by atoms with Gasteiger partial charge in [0, 0.05) is 19.7 Å². The first-order valence-electron chi connectivity index (χ1n) is 6.77. The fourth-order valence-corrected chi connectivity index (χ4v) is 3.27. The highest BCUT2D eigenvalue weighted by Gasteiger charge is 2.16. The number of methoxy groups -OCH3 is 1. The zero-order chi connectivity index (χ0) is 15.7. The number of thiazole rings is 1. The first-order valence-corrected chi connectivity index (χ1v) is 7.59. The number of anilines is 1. The molecule has 1 amide bonds. The van der Waals surface area contributed by atoms with E-state index < -0.39 is 0 Å². The van der Waals surface area contributed by atoms with Crippen LogP contribution in [0.4, 0.5) is 5.13 Å². The molecule has 0 aliphatic rings. The van der Waals surface area contributed by atoms with Gasteiger partial charge in [0.2, 0.25) is 0 Å². The van der Waals surface area contributed by atoms with Gasteiger partial charge in [0.25, 0.3) is 5.91 Å². The maximum Gasteiger partial charge on any atom is 0.275 e. The molecule has 0 atom stereocenters. The predicted octanol–water partition coefficient (Wildman–Crippen LogP) is 2.74. The molecule has 0 bridgehead atoms. The molecule has 7 heteroatoms. The van der Waals surface area contributed by atoms with Crippen LogP contribution in [0.5, 0.6) is 0 Å². The van der Waals surface area contributed by atoms with Crippen LogP contribution in [0.3, 0.4) is 0 Å². The van der Waals surface area contributed by atoms with Crippen molar-refractivity contribution in [1.29, 1.82) is 0 Å². The molecule has 114 valence electrons. The van der Waals surface area contributed by atoms with Crippen molar-refractivity contribution >= 4 is 32.6 Å². The number of hydrogen-bond donors (Lipinski definition) is 1. The van der Waals surface area contributed by atoms with Crippen molar-refractivity contribution < 1.29 is 9.53 Å². The van der Waals surface area contributed by atoms with Gasteiger partial charge >= 0.3 is 0 Å². The summed E-state index contributed by atoms with van der Waals surface area (Å²) in [5.41, 5.74) is 3.25. The molecule has 2 heterocycles. The third-order valence-corrected chi connectivity index (χ3v) is 4.30. The van der Waals surface area contributed by atoms with Gasteiger partial charge in [-0.3, -0.25) is 14.8 Å². The van der Waals surface area contributed by atoms with Crippen LogP contribution in [0.2, 0.25) is 0 Å². The van der Waals surface area contributed by atoms with Crippen LogP contribution in [-0.2, 0) is 18.4 Å². The number of carbonyl (C=O) groups excluding carboxylic acids is 1. The van der Waals surface area contributed by atoms with Gasteiger partial charge in [0.1, 0.15) is 5.69 Å². The molecule has 3 rings (SSSR count). The third kappa shape index (κ3) is 2.60. The fourth-order valence-electron chi connectivity index (χ4n) is 2.36. The Morgan fingerprint density at radius 2 is 2.27 bits per heavy atom. The van der Waals surface area contributed by atoms with E-state index in [1.54, 1.807) is 25.0 Å². The Morgan fingerprint density at radius 1 is 1.45 bits per heavy atom. The summed E-state index contributed by atoms with van der Waals surface area (Å²) in [6.45, 7) is 2.35. The number of nitrogens with zero attached hydrogens (tertiary/aromatic N) is 3. The monoisotopic (exact) mass is 316 g/mol. The molecule has 0 spiro atoms. The number of carbonyl (C=O) groups is 1. The van der Waals surface area contributed by atoms with Crippen LogP contribution in [0.15, 0.2) is 24.4 Å². The second-order valence-electron chi connectivity index (χ2n) is 4.97. The van der Waals surface area contributed by atoms with Crippen molar-refractivity contribution in [3.05, 3.63) is 41.2 Å². The topological polar surface area (TPSA) is 69.0 Å². The number of hydrogen-bond acceptors (Lipinski definition) is 5. The Balaban J connectivity index is 1.91. The summed E-state index contributed by atoms with van der Waals surface area (Å²) >= 11 is 1.45. The Labute approximate surface area is 131 Å². The molecule has 0 aliphatic heterocycles. The molecule has 22 heavy (non-hydrogen) atoms. The van der Waals surface area contributed by atoms with E-state index >= 15 is 0 Å². The van der Waals surface area contributed by atoms with Crippen molar-refractivity contribution in [2.24, 2.45) is 7.05 Å². The lowest BCUT2D eigenvalue weighted by atomic mass is 10.2. The molecule has 3 aromatic rings. The number of amides is 1. The Morgan fingerprint density at radius 3 is 2.95 bits per heavy atom. The van der Waals surface area contributed by atoms with Crippen LogP contribution in [0.25, 0.3) is 10.2 Å². The number of rotatable bonds is 4. The molecule has 0 saturated heterocycles. The first kappa shape index (κ1) is 14.7. The summed E-state index contributed by atoms with van der Waals surface area (Å²) in [5, 5.41) is 7.51. The van der Waals surface area contributed by atoms with E-state index in [-0.39, 0.29) is 5.91 Å². The van der Waals surface area contributed by atoms with Crippen LogP contribution in [0, 0.1) is 6.92 Å². The van der Waals surface area contributed by atoms with Gasteiger partial charge in [-0.25, -0.2) is 4.98 Å². The molecule has 1 N–H and O–H groups in total. The molecule has 0 aliphatic carbocycles. The Hall–Kier alpha value is -2.25. The highest BCUT2D eigenvalue weighted by molar-refractivity contribution is 7.22. The van der Waals surface area contributed by atoms with Gasteiger partial charge in [-0.1, -0.05) is 23.5 Å². The van der Waals surface area contributed by atoms with E-state index in [1.165, 1.54) is 11.3 Å². The zero-order valence-electron chi connectivity index (χ0n) is 12.6. The third-order valence-electron chi connectivity index (χ3n) is 3.36. The summed E-state index contributed by atoms with van der Waals surface area (Å²) in [5.74, 6) is -0.204. The normalized spacial score (nSPS) is 11.0. The minimum absolute atomic E-state index is 0.204. The lowest BCUT2D eigenvalue weighted by molar-refractivity contribution is 0.101. The Kier molecular flexibility index (Phi) is 3.91. The van der Waals surface area contributed by atoms with E-state index in [0.29, 0.717) is 17.4 Å². The number of aromatic nitrogens is 3. The van der Waals surface area contributed by atoms with E-state index in [1.807, 2.05) is 25.1 Å². The number of fused-ring (bicyclic) bond motifs is 1. The van der Waals surface area contributed by atoms with Crippen LogP contribution >= 0.6 is 11.3 Å². The van der Waals surface area contributed by atoms with Gasteiger partial charge in [-0.15, -0.1) is 0 Å². The van der Waals surface area contributed by atoms with Crippen LogP contribution < -0.4 is 5.32 Å². The lowest BCUT2D eigenvalue weighted by Gasteiger charge is -2.03. The highest BCUT2D eigenvalue weighted by Crippen LogP contribution is 2.29. The van der Waals surface area contributed by atoms with E-state index in [4.69, 9.17) is 4.74 Å². The molecule has 0 saturated carbocycles. The van der Waals surface area contributed by atoms with Crippen LogP contribution in [-0.4, -0.2) is 27.8 Å². The van der Waals surface area contributed by atoms with Crippen molar-refractivity contribution in [3.63, 3.8) is 0 Å². The smallest absolute Gasteiger partial charge is 0.275 e. The molecule has 6 nitrogen and oxygen atoms in total. The minimum Gasteiger partial charge on any atom is -0.380 e. The first-order chi connectivity index (χ1) is 10.6. The largest absolute Gasteiger partial charge is 0.380 e. The average molecular weight is 316 g/mol. The van der Waals surface area contributed by atoms with E-state index in [2.05, 4.69) is 15.4 Å². The van der Waals surface area contributed by atoms with Crippen molar-refractivity contribution in [2.75, 3.05) is 12.4 Å². The van der Waals surface area contributed by atoms with Gasteiger partial charge in [0.05, 0.1) is 23.0 Å². The summed E-state index contributed by atoms with van der Waals surface area (Å²) in [6.07, 6.45) is 1.67. The fraction of sp³-hybridized carbons (Fsp3) is 0.267. The second-order valence-corrected chi connectivity index (χ2v) is 6.00. The number of aryl methyl sites for hydroxylation is 2. The summed E-state index contributed by atoms with van der Waals surface area (Å²) < 4.78 is 7.77. The summed E-state index contributed by atoms with van der Waals surface area (Å²) in [6, 6.07) is 5.92. The van der Waals surface area contributed by atoms with Gasteiger partial charge in [-0.05, 0) is 18.6 Å². The van der Waals surface area contributed by atoms with Crippen molar-refractivity contribution in [2.45, 2.75) is 13.5 Å². The number of benzene rings is 1. The van der Waals surface area contributed by atoms with E-state index in [9.17, 15) is 4.79 Å². The molecular weight excluding hydrogens is 300 g/mol. The molecule has 2 aromatic heterocycles. The highest BCUT2D eigenvalue weighted by atomic mass is 32.1. The maximum atomic E-state index is 12.4. The maximum absolute atomic E-state index is 12.4. The van der Waals surface area contributed by atoms with Gasteiger partial charge in [0.15, 0.2) is 5.13 Å². The summed E-state index contributed by atoms with van der Waals surface area (Å²) in [4.78, 5) is 16.9. The standard InChI is InChI=1S/C15H16N4O2S/c1-9-7-16-19(2)13(9)14(20)18-15-17-12-10(8-21-3)5-4-6-11(12)22-15/h4-7H,8H2,1-3H3,(H,17,18,20). The van der Waals surface area contributed by atoms with Crippen molar-refractivity contribution in [1.82, 2.24) is 14.8 Å². The molecule has 0 unspecified atom stereocenters. The summed E-state index contributed by atoms with van der Waals surface area (Å²) in [7, 11) is 3.40. The Bertz CT molecular complexity index is 818. The molecule has 0 radical (unpaired) electrons.